The second-order valence-corrected chi connectivity index (χ2v) is 11.3. The lowest BCUT2D eigenvalue weighted by atomic mass is 9.75. The van der Waals surface area contributed by atoms with Crippen LogP contribution in [0.2, 0.25) is 0 Å². The van der Waals surface area contributed by atoms with Crippen LogP contribution in [0, 0.1) is 5.41 Å². The highest BCUT2D eigenvalue weighted by molar-refractivity contribution is 6.61. The van der Waals surface area contributed by atoms with Crippen molar-refractivity contribution in [2.45, 2.75) is 52.7 Å². The van der Waals surface area contributed by atoms with Crippen LogP contribution in [-0.2, 0) is 25.3 Å². The van der Waals surface area contributed by atoms with Gasteiger partial charge in [-0.25, -0.2) is 4.79 Å². The zero-order valence-electron chi connectivity index (χ0n) is 22.4. The standard InChI is InChI=1S/C31H36BNO4/c1-30(2,3)37-29(34)27(33-28(24-14-8-6-9-15-24)25-16-10-7-11-17-25)20-23-13-12-18-26(19-23)32-35-21-31(4,5)22-36-32/h6-19,27H,20-22H2,1-5H3. The summed E-state index contributed by atoms with van der Waals surface area (Å²) < 4.78 is 17.8. The molecule has 3 aromatic rings. The predicted octanol–water partition coefficient (Wildman–Crippen LogP) is 5.25. The number of carbonyl (C=O) groups excluding carboxylic acids is 1. The summed E-state index contributed by atoms with van der Waals surface area (Å²) in [5.41, 5.74) is 3.93. The third-order valence-corrected chi connectivity index (χ3v) is 5.96. The van der Waals surface area contributed by atoms with E-state index in [0.717, 1.165) is 27.9 Å². The first-order valence-electron chi connectivity index (χ1n) is 12.8. The summed E-state index contributed by atoms with van der Waals surface area (Å²) in [5, 5.41) is 0. The van der Waals surface area contributed by atoms with E-state index in [1.165, 1.54) is 0 Å². The lowest BCUT2D eigenvalue weighted by Gasteiger charge is -2.33. The van der Waals surface area contributed by atoms with E-state index in [2.05, 4.69) is 13.8 Å². The van der Waals surface area contributed by atoms with Crippen LogP contribution in [0.25, 0.3) is 0 Å². The summed E-state index contributed by atoms with van der Waals surface area (Å²) in [6.07, 6.45) is 0.393. The maximum atomic E-state index is 13.4. The zero-order chi connectivity index (χ0) is 26.5. The van der Waals surface area contributed by atoms with Gasteiger partial charge in [0.05, 0.1) is 5.71 Å². The Balaban J connectivity index is 1.68. The molecule has 1 fully saturated rings. The van der Waals surface area contributed by atoms with Crippen LogP contribution < -0.4 is 5.46 Å². The van der Waals surface area contributed by atoms with E-state index in [1.54, 1.807) is 0 Å². The molecule has 6 heteroatoms. The Labute approximate surface area is 221 Å². The van der Waals surface area contributed by atoms with E-state index in [9.17, 15) is 4.79 Å². The number of nitrogens with zero attached hydrogens (tertiary/aromatic N) is 1. The number of ether oxygens (including phenoxy) is 1. The van der Waals surface area contributed by atoms with Crippen molar-refractivity contribution >= 4 is 24.3 Å². The first kappa shape index (κ1) is 26.8. The molecule has 1 aliphatic rings. The number of aliphatic imine (C=N–C) groups is 1. The number of hydrogen-bond acceptors (Lipinski definition) is 5. The molecule has 0 saturated carbocycles. The lowest BCUT2D eigenvalue weighted by Crippen LogP contribution is -2.47. The molecule has 1 aliphatic heterocycles. The van der Waals surface area contributed by atoms with Crippen molar-refractivity contribution in [2.24, 2.45) is 10.4 Å². The Bertz CT molecular complexity index is 1170. The maximum absolute atomic E-state index is 13.4. The Morgan fingerprint density at radius 3 is 2.03 bits per heavy atom. The highest BCUT2D eigenvalue weighted by Crippen LogP contribution is 2.22. The molecule has 1 saturated heterocycles. The molecule has 37 heavy (non-hydrogen) atoms. The van der Waals surface area contributed by atoms with Crippen LogP contribution in [-0.4, -0.2) is 43.7 Å². The molecule has 0 N–H and O–H groups in total. The van der Waals surface area contributed by atoms with Gasteiger partial charge in [0, 0.05) is 36.2 Å². The van der Waals surface area contributed by atoms with E-state index in [-0.39, 0.29) is 11.4 Å². The van der Waals surface area contributed by atoms with Gasteiger partial charge in [-0.3, -0.25) is 4.99 Å². The summed E-state index contributed by atoms with van der Waals surface area (Å²) in [5.74, 6) is -0.353. The summed E-state index contributed by atoms with van der Waals surface area (Å²) in [6, 6.07) is 27.2. The molecular formula is C31H36BNO4. The van der Waals surface area contributed by atoms with Crippen molar-refractivity contribution in [1.82, 2.24) is 0 Å². The molecule has 0 radical (unpaired) electrons. The molecule has 1 heterocycles. The van der Waals surface area contributed by atoms with Gasteiger partial charge in [0.25, 0.3) is 0 Å². The molecule has 0 spiro atoms. The van der Waals surface area contributed by atoms with Crippen molar-refractivity contribution in [2.75, 3.05) is 13.2 Å². The van der Waals surface area contributed by atoms with Gasteiger partial charge in [-0.2, -0.15) is 0 Å². The van der Waals surface area contributed by atoms with Crippen molar-refractivity contribution < 1.29 is 18.8 Å². The summed E-state index contributed by atoms with van der Waals surface area (Å²) in [7, 11) is -0.416. The summed E-state index contributed by atoms with van der Waals surface area (Å²) >= 11 is 0. The SMILES string of the molecule is CC1(C)COB(c2cccc(CC(N=C(c3ccccc3)c3ccccc3)C(=O)OC(C)(C)C)c2)OC1. The Morgan fingerprint density at radius 1 is 0.919 bits per heavy atom. The fraction of sp³-hybridized carbons (Fsp3) is 0.355. The number of esters is 1. The van der Waals surface area contributed by atoms with Crippen LogP contribution in [0.5, 0.6) is 0 Å². The molecule has 192 valence electrons. The van der Waals surface area contributed by atoms with Gasteiger partial charge < -0.3 is 14.0 Å². The molecule has 3 aromatic carbocycles. The number of benzene rings is 3. The number of rotatable bonds is 7. The Morgan fingerprint density at radius 2 is 1.49 bits per heavy atom. The fourth-order valence-electron chi connectivity index (χ4n) is 4.19. The first-order valence-corrected chi connectivity index (χ1v) is 12.8. The monoisotopic (exact) mass is 497 g/mol. The van der Waals surface area contributed by atoms with Gasteiger partial charge in [-0.05, 0) is 31.8 Å². The average molecular weight is 497 g/mol. The summed E-state index contributed by atoms with van der Waals surface area (Å²) in [6.45, 7) is 11.1. The lowest BCUT2D eigenvalue weighted by molar-refractivity contribution is -0.156. The molecular weight excluding hydrogens is 461 g/mol. The molecule has 0 aromatic heterocycles. The number of carbonyl (C=O) groups is 1. The van der Waals surface area contributed by atoms with E-state index in [0.29, 0.717) is 19.6 Å². The van der Waals surface area contributed by atoms with Crippen LogP contribution >= 0.6 is 0 Å². The minimum Gasteiger partial charge on any atom is -0.458 e. The molecule has 5 nitrogen and oxygen atoms in total. The van der Waals surface area contributed by atoms with Crippen molar-refractivity contribution in [3.63, 3.8) is 0 Å². The minimum absolute atomic E-state index is 0.00406. The molecule has 1 atom stereocenters. The van der Waals surface area contributed by atoms with E-state index in [4.69, 9.17) is 19.0 Å². The summed E-state index contributed by atoms with van der Waals surface area (Å²) in [4.78, 5) is 18.5. The third-order valence-electron chi connectivity index (χ3n) is 5.96. The van der Waals surface area contributed by atoms with E-state index >= 15 is 0 Å². The average Bonchev–Trinajstić information content (AvgIpc) is 2.86. The molecule has 4 rings (SSSR count). The van der Waals surface area contributed by atoms with Crippen LogP contribution in [0.15, 0.2) is 89.9 Å². The van der Waals surface area contributed by atoms with Crippen molar-refractivity contribution in [3.05, 3.63) is 102 Å². The molecule has 0 aliphatic carbocycles. The highest BCUT2D eigenvalue weighted by atomic mass is 16.6. The quantitative estimate of drug-likeness (QED) is 0.254. The van der Waals surface area contributed by atoms with E-state index < -0.39 is 18.8 Å². The van der Waals surface area contributed by atoms with Gasteiger partial charge >= 0.3 is 13.1 Å². The second kappa shape index (κ2) is 11.4. The highest BCUT2D eigenvalue weighted by Gasteiger charge is 2.34. The van der Waals surface area contributed by atoms with Crippen LogP contribution in [0.3, 0.4) is 0 Å². The van der Waals surface area contributed by atoms with Crippen LogP contribution in [0.1, 0.15) is 51.3 Å². The van der Waals surface area contributed by atoms with Crippen LogP contribution in [0.4, 0.5) is 0 Å². The maximum Gasteiger partial charge on any atom is 0.493 e. The molecule has 1 unspecified atom stereocenters. The Hall–Kier alpha value is -3.22. The minimum atomic E-state index is -0.725. The largest absolute Gasteiger partial charge is 0.493 e. The predicted molar refractivity (Wildman–Crippen MR) is 149 cm³/mol. The van der Waals surface area contributed by atoms with Crippen molar-refractivity contribution in [1.29, 1.82) is 0 Å². The van der Waals surface area contributed by atoms with Gasteiger partial charge in [-0.1, -0.05) is 98.8 Å². The van der Waals surface area contributed by atoms with Gasteiger partial charge in [0.15, 0.2) is 6.04 Å². The molecule has 0 amide bonds. The fourth-order valence-corrected chi connectivity index (χ4v) is 4.19. The molecule has 0 bridgehead atoms. The number of hydrogen-bond donors (Lipinski definition) is 0. The van der Waals surface area contributed by atoms with Gasteiger partial charge in [-0.15, -0.1) is 0 Å². The van der Waals surface area contributed by atoms with Crippen molar-refractivity contribution in [3.8, 4) is 0 Å². The Kier molecular flexibility index (Phi) is 8.30. The zero-order valence-corrected chi connectivity index (χ0v) is 22.4. The second-order valence-electron chi connectivity index (χ2n) is 11.3. The van der Waals surface area contributed by atoms with E-state index in [1.807, 2.05) is 106 Å². The smallest absolute Gasteiger partial charge is 0.458 e. The normalized spacial score (nSPS) is 16.1. The topological polar surface area (TPSA) is 57.1 Å². The first-order chi connectivity index (χ1) is 17.6. The van der Waals surface area contributed by atoms with Gasteiger partial charge in [0.1, 0.15) is 5.60 Å². The third kappa shape index (κ3) is 7.64. The van der Waals surface area contributed by atoms with Gasteiger partial charge in [0.2, 0.25) is 0 Å².